The monoisotopic (exact) mass is 595 g/mol. The van der Waals surface area contributed by atoms with Crippen LogP contribution in [0, 0.1) is 6.92 Å². The molecular formula is C29H30BrN3O4S. The summed E-state index contributed by atoms with van der Waals surface area (Å²) in [4.78, 5) is 34.7. The zero-order valence-corrected chi connectivity index (χ0v) is 24.3. The summed E-state index contributed by atoms with van der Waals surface area (Å²) < 4.78 is 14.0. The number of thiazole rings is 1. The Hall–Kier alpha value is -3.17. The first-order valence-electron chi connectivity index (χ1n) is 12.7. The summed E-state index contributed by atoms with van der Waals surface area (Å²) in [6.45, 7) is 7.99. The molecule has 2 aromatic carbocycles. The molecule has 3 aromatic rings. The number of allylic oxidation sites excluding steroid dienone is 1. The maximum absolute atomic E-state index is 14.0. The molecule has 3 heterocycles. The number of carbonyl (C=O) groups excluding carboxylic acids is 1. The third-order valence-corrected chi connectivity index (χ3v) is 8.49. The highest BCUT2D eigenvalue weighted by Crippen LogP contribution is 2.37. The molecule has 2 aliphatic heterocycles. The minimum absolute atomic E-state index is 0.210. The Morgan fingerprint density at radius 1 is 1.18 bits per heavy atom. The zero-order chi connectivity index (χ0) is 27.0. The van der Waals surface area contributed by atoms with Crippen LogP contribution in [0.5, 0.6) is 5.75 Å². The fourth-order valence-electron chi connectivity index (χ4n) is 5.14. The third-order valence-electron chi connectivity index (χ3n) is 7.01. The number of halogens is 1. The van der Waals surface area contributed by atoms with Crippen molar-refractivity contribution in [2.75, 3.05) is 31.7 Å². The lowest BCUT2D eigenvalue weighted by Gasteiger charge is -2.26. The molecule has 0 radical (unpaired) electrons. The third kappa shape index (κ3) is 4.85. The molecule has 38 heavy (non-hydrogen) atoms. The van der Waals surface area contributed by atoms with Gasteiger partial charge in [-0.25, -0.2) is 9.79 Å². The molecule has 0 amide bonds. The van der Waals surface area contributed by atoms with Gasteiger partial charge < -0.3 is 14.4 Å². The maximum Gasteiger partial charge on any atom is 0.338 e. The smallest absolute Gasteiger partial charge is 0.338 e. The molecule has 0 spiro atoms. The summed E-state index contributed by atoms with van der Waals surface area (Å²) in [7, 11) is 1.58. The van der Waals surface area contributed by atoms with Gasteiger partial charge in [0, 0.05) is 28.8 Å². The molecule has 5 rings (SSSR count). The number of rotatable bonds is 6. The van der Waals surface area contributed by atoms with Crippen molar-refractivity contribution >= 4 is 45.0 Å². The van der Waals surface area contributed by atoms with Crippen LogP contribution in [0.4, 0.5) is 5.69 Å². The zero-order valence-electron chi connectivity index (χ0n) is 21.9. The van der Waals surface area contributed by atoms with Crippen LogP contribution < -0.4 is 24.5 Å². The van der Waals surface area contributed by atoms with Gasteiger partial charge in [0.1, 0.15) is 11.8 Å². The molecule has 2 aliphatic rings. The average Bonchev–Trinajstić information content (AvgIpc) is 3.53. The van der Waals surface area contributed by atoms with Crippen molar-refractivity contribution in [2.24, 2.45) is 4.99 Å². The summed E-state index contributed by atoms with van der Waals surface area (Å²) in [5.41, 5.74) is 4.62. The molecular weight excluding hydrogens is 566 g/mol. The standard InChI is InChI=1S/C29H30BrN3O4S/c1-5-37-28(35)25-18(3)31-29-33(26(25)22-16-20(30)9-11-23(22)36-4)27(34)24(38-29)15-19-8-10-21(14-17(19)2)32-12-6-7-13-32/h8-11,14-16,26H,5-7,12-13H2,1-4H3/b24-15-/t26-/m1/s1. The fraction of sp³-hybridized carbons (Fsp3) is 0.345. The number of ether oxygens (including phenoxy) is 2. The summed E-state index contributed by atoms with van der Waals surface area (Å²) in [5.74, 6) is 0.0704. The van der Waals surface area contributed by atoms with Crippen molar-refractivity contribution in [1.29, 1.82) is 0 Å². The Balaban J connectivity index is 1.68. The van der Waals surface area contributed by atoms with Crippen molar-refractivity contribution in [3.8, 4) is 5.75 Å². The maximum atomic E-state index is 14.0. The predicted molar refractivity (Wildman–Crippen MR) is 154 cm³/mol. The second kappa shape index (κ2) is 10.9. The van der Waals surface area contributed by atoms with Crippen LogP contribution in [-0.2, 0) is 9.53 Å². The Kier molecular flexibility index (Phi) is 7.59. The average molecular weight is 597 g/mol. The molecule has 1 saturated heterocycles. The highest BCUT2D eigenvalue weighted by Gasteiger charge is 2.35. The lowest BCUT2D eigenvalue weighted by Crippen LogP contribution is -2.40. The molecule has 9 heteroatoms. The molecule has 1 fully saturated rings. The van der Waals surface area contributed by atoms with Gasteiger partial charge in [-0.3, -0.25) is 9.36 Å². The number of esters is 1. The van der Waals surface area contributed by atoms with E-state index in [2.05, 4.69) is 50.9 Å². The van der Waals surface area contributed by atoms with E-state index in [1.54, 1.807) is 25.5 Å². The van der Waals surface area contributed by atoms with Gasteiger partial charge in [-0.2, -0.15) is 0 Å². The molecule has 0 aliphatic carbocycles. The highest BCUT2D eigenvalue weighted by molar-refractivity contribution is 9.10. The van der Waals surface area contributed by atoms with E-state index in [-0.39, 0.29) is 12.2 Å². The van der Waals surface area contributed by atoms with Crippen LogP contribution in [0.1, 0.15) is 49.4 Å². The van der Waals surface area contributed by atoms with E-state index in [0.29, 0.717) is 31.9 Å². The Labute approximate surface area is 233 Å². The van der Waals surface area contributed by atoms with Gasteiger partial charge in [-0.15, -0.1) is 0 Å². The molecule has 0 bridgehead atoms. The number of aryl methyl sites for hydroxylation is 1. The summed E-state index contributed by atoms with van der Waals surface area (Å²) in [5, 5.41) is 0. The van der Waals surface area contributed by atoms with E-state index >= 15 is 0 Å². The first-order chi connectivity index (χ1) is 18.3. The molecule has 198 valence electrons. The topological polar surface area (TPSA) is 73.1 Å². The number of methoxy groups -OCH3 is 1. The quantitative estimate of drug-likeness (QED) is 0.393. The van der Waals surface area contributed by atoms with Gasteiger partial charge in [0.25, 0.3) is 5.56 Å². The first kappa shape index (κ1) is 26.4. The number of carbonyl (C=O) groups is 1. The lowest BCUT2D eigenvalue weighted by molar-refractivity contribution is -0.139. The minimum atomic E-state index is -0.737. The van der Waals surface area contributed by atoms with Crippen LogP contribution in [0.3, 0.4) is 0 Å². The molecule has 1 atom stereocenters. The van der Waals surface area contributed by atoms with E-state index in [9.17, 15) is 9.59 Å². The molecule has 0 N–H and O–H groups in total. The normalized spacial score (nSPS) is 17.4. The Morgan fingerprint density at radius 3 is 2.63 bits per heavy atom. The number of fused-ring (bicyclic) bond motifs is 1. The van der Waals surface area contributed by atoms with Crippen molar-refractivity contribution in [3.63, 3.8) is 0 Å². The Morgan fingerprint density at radius 2 is 1.95 bits per heavy atom. The van der Waals surface area contributed by atoms with E-state index in [1.807, 2.05) is 24.3 Å². The fourth-order valence-corrected chi connectivity index (χ4v) is 6.56. The van der Waals surface area contributed by atoms with Gasteiger partial charge in [-0.1, -0.05) is 33.3 Å². The Bertz CT molecular complexity index is 1620. The first-order valence-corrected chi connectivity index (χ1v) is 14.3. The van der Waals surface area contributed by atoms with Crippen LogP contribution in [0.25, 0.3) is 6.08 Å². The van der Waals surface area contributed by atoms with Gasteiger partial charge in [0.2, 0.25) is 0 Å². The second-order valence-electron chi connectivity index (χ2n) is 9.42. The summed E-state index contributed by atoms with van der Waals surface area (Å²) >= 11 is 4.86. The number of hydrogen-bond acceptors (Lipinski definition) is 7. The van der Waals surface area contributed by atoms with E-state index in [4.69, 9.17) is 9.47 Å². The number of nitrogens with zero attached hydrogens (tertiary/aromatic N) is 3. The number of anilines is 1. The van der Waals surface area contributed by atoms with Crippen molar-refractivity contribution in [3.05, 3.63) is 88.5 Å². The molecule has 0 unspecified atom stereocenters. The van der Waals surface area contributed by atoms with Gasteiger partial charge >= 0.3 is 5.97 Å². The number of hydrogen-bond donors (Lipinski definition) is 0. The second-order valence-corrected chi connectivity index (χ2v) is 11.3. The molecule has 7 nitrogen and oxygen atoms in total. The number of benzene rings is 2. The minimum Gasteiger partial charge on any atom is -0.496 e. The highest BCUT2D eigenvalue weighted by atomic mass is 79.9. The summed E-state index contributed by atoms with van der Waals surface area (Å²) in [6.07, 6.45) is 4.36. The van der Waals surface area contributed by atoms with Crippen molar-refractivity contribution in [1.82, 2.24) is 4.57 Å². The van der Waals surface area contributed by atoms with Crippen LogP contribution >= 0.6 is 27.3 Å². The van der Waals surface area contributed by atoms with Crippen molar-refractivity contribution in [2.45, 2.75) is 39.7 Å². The lowest BCUT2D eigenvalue weighted by atomic mass is 9.95. The van der Waals surface area contributed by atoms with Crippen LogP contribution in [-0.4, -0.2) is 37.3 Å². The van der Waals surface area contributed by atoms with E-state index < -0.39 is 12.0 Å². The van der Waals surface area contributed by atoms with Crippen LogP contribution in [0.15, 0.2) is 61.9 Å². The molecule has 1 aromatic heterocycles. The van der Waals surface area contributed by atoms with Crippen molar-refractivity contribution < 1.29 is 14.3 Å². The van der Waals surface area contributed by atoms with Gasteiger partial charge in [0.15, 0.2) is 4.80 Å². The largest absolute Gasteiger partial charge is 0.496 e. The predicted octanol–water partition coefficient (Wildman–Crippen LogP) is 4.48. The van der Waals surface area contributed by atoms with E-state index in [1.165, 1.54) is 29.9 Å². The van der Waals surface area contributed by atoms with Gasteiger partial charge in [0.05, 0.1) is 29.5 Å². The SMILES string of the molecule is CCOC(=O)C1=C(C)N=c2s/c(=C\c3ccc(N4CCCC4)cc3C)c(=O)n2[C@@H]1c1cc(Br)ccc1OC. The van der Waals surface area contributed by atoms with Crippen LogP contribution in [0.2, 0.25) is 0 Å². The number of aromatic nitrogens is 1. The van der Waals surface area contributed by atoms with Gasteiger partial charge in [-0.05, 0) is 81.1 Å². The molecule has 0 saturated carbocycles. The van der Waals surface area contributed by atoms with E-state index in [0.717, 1.165) is 28.7 Å². The summed E-state index contributed by atoms with van der Waals surface area (Å²) in [6, 6.07) is 11.2.